The van der Waals surface area contributed by atoms with Crippen LogP contribution in [0.15, 0.2) is 39.7 Å². The maximum atomic E-state index is 6.01. The average Bonchev–Trinajstić information content (AvgIpc) is 2.79. The van der Waals surface area contributed by atoms with Gasteiger partial charge in [-0.1, -0.05) is 12.1 Å². The van der Waals surface area contributed by atoms with E-state index in [0.29, 0.717) is 11.6 Å². The summed E-state index contributed by atoms with van der Waals surface area (Å²) < 4.78 is 1.09. The molecular weight excluding hydrogens is 354 g/mol. The Balaban J connectivity index is 1.86. The highest BCUT2D eigenvalue weighted by molar-refractivity contribution is 9.10. The second-order valence-electron chi connectivity index (χ2n) is 4.32. The van der Waals surface area contributed by atoms with Crippen molar-refractivity contribution in [2.75, 3.05) is 5.73 Å². The molecule has 0 bridgehead atoms. The number of aromatic nitrogens is 2. The van der Waals surface area contributed by atoms with Gasteiger partial charge in [-0.2, -0.15) is 0 Å². The number of anilines is 1. The summed E-state index contributed by atoms with van der Waals surface area (Å²) in [4.78, 5) is 12.3. The third-order valence-corrected chi connectivity index (χ3v) is 5.75. The predicted molar refractivity (Wildman–Crippen MR) is 90.3 cm³/mol. The largest absolute Gasteiger partial charge is 0.383 e. The number of nitrogens with zero attached hydrogens (tertiary/aromatic N) is 2. The number of thioether (sulfide) groups is 1. The van der Waals surface area contributed by atoms with E-state index >= 15 is 0 Å². The first-order valence-corrected chi connectivity index (χ1v) is 8.63. The third-order valence-electron chi connectivity index (χ3n) is 2.79. The van der Waals surface area contributed by atoms with Crippen molar-refractivity contribution in [1.29, 1.82) is 0 Å². The van der Waals surface area contributed by atoms with Crippen molar-refractivity contribution in [3.63, 3.8) is 0 Å². The smallest absolute Gasteiger partial charge is 0.142 e. The van der Waals surface area contributed by atoms with Crippen molar-refractivity contribution >= 4 is 55.1 Å². The normalized spacial score (nSPS) is 11.1. The van der Waals surface area contributed by atoms with Gasteiger partial charge >= 0.3 is 0 Å². The summed E-state index contributed by atoms with van der Waals surface area (Å²) in [5.41, 5.74) is 6.01. The van der Waals surface area contributed by atoms with E-state index in [4.69, 9.17) is 5.73 Å². The number of hydrogen-bond acceptors (Lipinski definition) is 5. The lowest BCUT2D eigenvalue weighted by Crippen LogP contribution is -1.98. The van der Waals surface area contributed by atoms with Crippen LogP contribution in [0.4, 0.5) is 5.82 Å². The summed E-state index contributed by atoms with van der Waals surface area (Å²) >= 11 is 6.90. The Kier molecular flexibility index (Phi) is 3.96. The predicted octanol–water partition coefficient (Wildman–Crippen LogP) is 4.64. The van der Waals surface area contributed by atoms with Gasteiger partial charge < -0.3 is 5.73 Å². The molecule has 0 aliphatic rings. The number of hydrogen-bond donors (Lipinski definition) is 1. The minimum absolute atomic E-state index is 0.571. The first-order chi connectivity index (χ1) is 9.63. The van der Waals surface area contributed by atoms with Gasteiger partial charge in [0, 0.05) is 14.2 Å². The maximum absolute atomic E-state index is 6.01. The summed E-state index contributed by atoms with van der Waals surface area (Å²) in [5, 5.41) is 0.960. The first-order valence-electron chi connectivity index (χ1n) is 6.03. The average molecular weight is 366 g/mol. The number of rotatable bonds is 3. The monoisotopic (exact) mass is 365 g/mol. The highest BCUT2D eigenvalue weighted by atomic mass is 79.9. The molecule has 0 saturated heterocycles. The van der Waals surface area contributed by atoms with Crippen LogP contribution in [0.2, 0.25) is 0 Å². The number of fused-ring (bicyclic) bond motifs is 1. The number of halogens is 1. The Morgan fingerprint density at radius 2 is 2.10 bits per heavy atom. The first kappa shape index (κ1) is 13.9. The molecule has 0 aliphatic heterocycles. The van der Waals surface area contributed by atoms with Gasteiger partial charge in [0.1, 0.15) is 16.5 Å². The van der Waals surface area contributed by atoms with Crippen LogP contribution in [0.25, 0.3) is 10.2 Å². The number of aryl methyl sites for hydroxylation is 1. The van der Waals surface area contributed by atoms with Gasteiger partial charge in [0.15, 0.2) is 0 Å². The van der Waals surface area contributed by atoms with Gasteiger partial charge in [0.05, 0.1) is 11.1 Å². The van der Waals surface area contributed by atoms with E-state index in [2.05, 4.69) is 38.9 Å². The molecule has 0 unspecified atom stereocenters. The van der Waals surface area contributed by atoms with Crippen LogP contribution in [0.1, 0.15) is 10.7 Å². The Bertz CT molecular complexity index is 770. The molecule has 3 nitrogen and oxygen atoms in total. The van der Waals surface area contributed by atoms with Gasteiger partial charge in [0.25, 0.3) is 0 Å². The zero-order valence-corrected chi connectivity index (χ0v) is 14.0. The molecule has 0 fully saturated rings. The van der Waals surface area contributed by atoms with Gasteiger partial charge in [-0.15, -0.1) is 23.1 Å². The fourth-order valence-electron chi connectivity index (χ4n) is 1.88. The van der Waals surface area contributed by atoms with Gasteiger partial charge in [-0.25, -0.2) is 9.97 Å². The lowest BCUT2D eigenvalue weighted by Gasteiger charge is -2.04. The highest BCUT2D eigenvalue weighted by Gasteiger charge is 2.09. The zero-order valence-electron chi connectivity index (χ0n) is 10.8. The molecule has 3 aromatic rings. The topological polar surface area (TPSA) is 51.8 Å². The van der Waals surface area contributed by atoms with Crippen LogP contribution < -0.4 is 5.73 Å². The standard InChI is InChI=1S/C14H12BrN3S2/c1-8-6-9-13(16)17-12(18-14(9)20-8)7-19-11-5-3-2-4-10(11)15/h2-6H,7H2,1H3,(H2,16,17,18). The van der Waals surface area contributed by atoms with Crippen molar-refractivity contribution in [2.45, 2.75) is 17.6 Å². The molecule has 2 heterocycles. The highest BCUT2D eigenvalue weighted by Crippen LogP contribution is 2.31. The van der Waals surface area contributed by atoms with E-state index in [0.717, 1.165) is 20.5 Å². The number of nitrogens with two attached hydrogens (primary N) is 1. The number of thiophene rings is 1. The molecule has 0 atom stereocenters. The van der Waals surface area contributed by atoms with Crippen LogP contribution in [-0.2, 0) is 5.75 Å². The van der Waals surface area contributed by atoms with Crippen LogP contribution in [0.5, 0.6) is 0 Å². The lowest BCUT2D eigenvalue weighted by molar-refractivity contribution is 1.08. The quantitative estimate of drug-likeness (QED) is 0.687. The van der Waals surface area contributed by atoms with E-state index < -0.39 is 0 Å². The lowest BCUT2D eigenvalue weighted by atomic mass is 10.3. The minimum atomic E-state index is 0.571. The van der Waals surface area contributed by atoms with Crippen LogP contribution in [-0.4, -0.2) is 9.97 Å². The summed E-state index contributed by atoms with van der Waals surface area (Å²) in [7, 11) is 0. The summed E-state index contributed by atoms with van der Waals surface area (Å²) in [6.07, 6.45) is 0. The van der Waals surface area contributed by atoms with Gasteiger partial charge in [0.2, 0.25) is 0 Å². The molecule has 20 heavy (non-hydrogen) atoms. The molecule has 2 aromatic heterocycles. The van der Waals surface area contributed by atoms with Gasteiger partial charge in [-0.3, -0.25) is 0 Å². The van der Waals surface area contributed by atoms with Crippen LogP contribution in [0.3, 0.4) is 0 Å². The Hall–Kier alpha value is -1.11. The zero-order chi connectivity index (χ0) is 14.1. The number of nitrogen functional groups attached to an aromatic ring is 1. The minimum Gasteiger partial charge on any atom is -0.383 e. The van der Waals surface area contributed by atoms with E-state index in [1.54, 1.807) is 23.1 Å². The Labute approximate surface area is 133 Å². The van der Waals surface area contributed by atoms with Crippen molar-refractivity contribution in [3.8, 4) is 0 Å². The summed E-state index contributed by atoms with van der Waals surface area (Å²) in [6, 6.07) is 10.2. The molecule has 0 saturated carbocycles. The molecule has 0 amide bonds. The Morgan fingerprint density at radius 3 is 2.90 bits per heavy atom. The molecule has 0 aliphatic carbocycles. The fraction of sp³-hybridized carbons (Fsp3) is 0.143. The van der Waals surface area contributed by atoms with E-state index in [9.17, 15) is 0 Å². The van der Waals surface area contributed by atoms with E-state index in [1.165, 1.54) is 9.77 Å². The van der Waals surface area contributed by atoms with Crippen molar-refractivity contribution in [2.24, 2.45) is 0 Å². The van der Waals surface area contributed by atoms with Crippen molar-refractivity contribution < 1.29 is 0 Å². The third kappa shape index (κ3) is 2.82. The van der Waals surface area contributed by atoms with E-state index in [-0.39, 0.29) is 0 Å². The second-order valence-corrected chi connectivity index (χ2v) is 7.43. The molecule has 0 radical (unpaired) electrons. The Morgan fingerprint density at radius 1 is 1.30 bits per heavy atom. The van der Waals surface area contributed by atoms with Crippen molar-refractivity contribution in [1.82, 2.24) is 9.97 Å². The second kappa shape index (κ2) is 5.71. The maximum Gasteiger partial charge on any atom is 0.142 e. The molecule has 102 valence electrons. The summed E-state index contributed by atoms with van der Waals surface area (Å²) in [5.74, 6) is 2.05. The van der Waals surface area contributed by atoms with Crippen molar-refractivity contribution in [3.05, 3.63) is 45.5 Å². The molecule has 3 rings (SSSR count). The fourth-order valence-corrected chi connectivity index (χ4v) is 4.21. The van der Waals surface area contributed by atoms with E-state index in [1.807, 2.05) is 24.3 Å². The molecule has 1 aromatic carbocycles. The molecular formula is C14H12BrN3S2. The van der Waals surface area contributed by atoms with Crippen LogP contribution in [0, 0.1) is 6.92 Å². The molecule has 6 heteroatoms. The van der Waals surface area contributed by atoms with Crippen LogP contribution >= 0.6 is 39.0 Å². The summed E-state index contributed by atoms with van der Waals surface area (Å²) in [6.45, 7) is 2.06. The van der Waals surface area contributed by atoms with Gasteiger partial charge in [-0.05, 0) is 41.1 Å². The SMILES string of the molecule is Cc1cc2c(N)nc(CSc3ccccc3Br)nc2s1. The molecule has 2 N–H and O–H groups in total. The number of benzene rings is 1. The molecule has 0 spiro atoms.